The van der Waals surface area contributed by atoms with Crippen LogP contribution in [0.5, 0.6) is 0 Å². The van der Waals surface area contributed by atoms with E-state index in [1.165, 1.54) is 15.8 Å². The molecule has 0 aromatic carbocycles. The van der Waals surface area contributed by atoms with Gasteiger partial charge in [0.05, 0.1) is 9.77 Å². The van der Waals surface area contributed by atoms with Gasteiger partial charge in [-0.25, -0.2) is 8.42 Å². The largest absolute Gasteiger partial charge is 0.369 e. The van der Waals surface area contributed by atoms with Crippen LogP contribution < -0.4 is 5.73 Å². The van der Waals surface area contributed by atoms with E-state index >= 15 is 0 Å². The van der Waals surface area contributed by atoms with Crippen molar-refractivity contribution in [2.24, 2.45) is 11.7 Å². The summed E-state index contributed by atoms with van der Waals surface area (Å²) in [6.45, 7) is 5.26. The molecular weight excluding hydrogens is 350 g/mol. The highest BCUT2D eigenvalue weighted by Crippen LogP contribution is 2.25. The Kier molecular flexibility index (Phi) is 6.00. The fourth-order valence-electron chi connectivity index (χ4n) is 2.80. The van der Waals surface area contributed by atoms with Gasteiger partial charge in [-0.3, -0.25) is 9.59 Å². The van der Waals surface area contributed by atoms with Crippen LogP contribution in [0, 0.1) is 5.92 Å². The average molecular weight is 374 g/mol. The van der Waals surface area contributed by atoms with Crippen molar-refractivity contribution >= 4 is 33.2 Å². The lowest BCUT2D eigenvalue weighted by Crippen LogP contribution is -2.41. The van der Waals surface area contributed by atoms with Gasteiger partial charge in [0, 0.05) is 37.5 Å². The van der Waals surface area contributed by atoms with Crippen molar-refractivity contribution in [2.75, 3.05) is 26.2 Å². The predicted octanol–water partition coefficient (Wildman–Crippen LogP) is 1.12. The summed E-state index contributed by atoms with van der Waals surface area (Å²) in [5, 5.41) is 1.51. The highest BCUT2D eigenvalue weighted by Gasteiger charge is 2.29. The molecule has 0 unspecified atom stereocenters. The van der Waals surface area contributed by atoms with Crippen molar-refractivity contribution in [3.05, 3.63) is 16.3 Å². The molecular formula is C15H23N3O4S2. The first-order chi connectivity index (χ1) is 11.3. The lowest BCUT2D eigenvalue weighted by molar-refractivity contribution is -0.123. The fraction of sp³-hybridized carbons (Fsp3) is 0.600. The second-order valence-corrected chi connectivity index (χ2v) is 8.55. The topological polar surface area (TPSA) is 101 Å². The maximum atomic E-state index is 12.5. The van der Waals surface area contributed by atoms with Gasteiger partial charge in [-0.2, -0.15) is 4.31 Å². The van der Waals surface area contributed by atoms with E-state index < -0.39 is 10.0 Å². The molecule has 24 heavy (non-hydrogen) atoms. The molecule has 1 aliphatic heterocycles. The Morgan fingerprint density at radius 3 is 2.38 bits per heavy atom. The van der Waals surface area contributed by atoms with Gasteiger partial charge in [-0.05, 0) is 18.9 Å². The van der Waals surface area contributed by atoms with Crippen LogP contribution in [0.15, 0.2) is 16.3 Å². The Labute approximate surface area is 146 Å². The molecule has 0 saturated carbocycles. The first kappa shape index (κ1) is 18.9. The number of rotatable bonds is 6. The van der Waals surface area contributed by atoms with Crippen LogP contribution in [0.2, 0.25) is 0 Å². The van der Waals surface area contributed by atoms with Gasteiger partial charge in [0.25, 0.3) is 5.91 Å². The number of piperidine rings is 1. The number of sulfonamides is 1. The van der Waals surface area contributed by atoms with Crippen LogP contribution in [-0.4, -0.2) is 55.6 Å². The van der Waals surface area contributed by atoms with Crippen molar-refractivity contribution in [2.45, 2.75) is 31.6 Å². The molecule has 0 aliphatic carbocycles. The highest BCUT2D eigenvalue weighted by atomic mass is 32.2. The maximum Gasteiger partial charge on any atom is 0.263 e. The number of carbonyl (C=O) groups excluding carboxylic acids is 2. The third kappa shape index (κ3) is 3.79. The summed E-state index contributed by atoms with van der Waals surface area (Å²) in [6.07, 6.45) is 1.11. The summed E-state index contributed by atoms with van der Waals surface area (Å²) in [5.41, 5.74) is 5.29. The zero-order chi connectivity index (χ0) is 17.9. The molecule has 2 amide bonds. The summed E-state index contributed by atoms with van der Waals surface area (Å²) in [4.78, 5) is 25.9. The Bertz CT molecular complexity index is 702. The fourth-order valence-corrected chi connectivity index (χ4v) is 5.49. The number of thiophene rings is 1. The van der Waals surface area contributed by atoms with Crippen LogP contribution in [0.4, 0.5) is 0 Å². The summed E-state index contributed by atoms with van der Waals surface area (Å²) >= 11 is 1.13. The number of hydrogen-bond donors (Lipinski definition) is 1. The van der Waals surface area contributed by atoms with Crippen molar-refractivity contribution in [3.8, 4) is 0 Å². The van der Waals surface area contributed by atoms with Gasteiger partial charge in [-0.1, -0.05) is 13.8 Å². The Balaban J connectivity index is 2.11. The second kappa shape index (κ2) is 7.62. The lowest BCUT2D eigenvalue weighted by Gasteiger charge is -2.30. The molecule has 1 fully saturated rings. The summed E-state index contributed by atoms with van der Waals surface area (Å²) < 4.78 is 26.3. The van der Waals surface area contributed by atoms with E-state index in [0.717, 1.165) is 11.3 Å². The molecule has 0 bridgehead atoms. The van der Waals surface area contributed by atoms with Gasteiger partial charge in [0.1, 0.15) is 0 Å². The van der Waals surface area contributed by atoms with Crippen molar-refractivity contribution in [3.63, 3.8) is 0 Å². The van der Waals surface area contributed by atoms with Crippen molar-refractivity contribution in [1.29, 1.82) is 0 Å². The summed E-state index contributed by atoms with van der Waals surface area (Å²) in [7, 11) is -3.55. The van der Waals surface area contributed by atoms with E-state index in [1.807, 2.05) is 0 Å². The second-order valence-electron chi connectivity index (χ2n) is 5.70. The molecule has 1 aromatic heterocycles. The first-order valence-electron chi connectivity index (χ1n) is 7.98. The number of nitrogens with two attached hydrogens (primary N) is 1. The molecule has 7 nitrogen and oxygen atoms in total. The van der Waals surface area contributed by atoms with E-state index in [9.17, 15) is 18.0 Å². The van der Waals surface area contributed by atoms with E-state index in [2.05, 4.69) is 0 Å². The quantitative estimate of drug-likeness (QED) is 0.807. The molecule has 2 heterocycles. The van der Waals surface area contributed by atoms with Crippen LogP contribution in [0.3, 0.4) is 0 Å². The standard InChI is InChI=1S/C15H23N3O4S2/c1-3-18(4-2)24(21,22)12-9-13(23-10-12)15(20)17-7-5-11(6-8-17)14(16)19/h9-11H,3-8H2,1-2H3,(H2,16,19). The van der Waals surface area contributed by atoms with Crippen molar-refractivity contribution < 1.29 is 18.0 Å². The average Bonchev–Trinajstić information content (AvgIpc) is 3.06. The van der Waals surface area contributed by atoms with Crippen LogP contribution in [-0.2, 0) is 14.8 Å². The number of nitrogens with zero attached hydrogens (tertiary/aromatic N) is 2. The normalized spacial score (nSPS) is 16.5. The van der Waals surface area contributed by atoms with Crippen molar-refractivity contribution in [1.82, 2.24) is 9.21 Å². The molecule has 134 valence electrons. The van der Waals surface area contributed by atoms with Gasteiger partial charge in [0.15, 0.2) is 0 Å². The summed E-state index contributed by atoms with van der Waals surface area (Å²) in [6, 6.07) is 1.45. The van der Waals surface area contributed by atoms with E-state index in [4.69, 9.17) is 5.73 Å². The molecule has 2 N–H and O–H groups in total. The zero-order valence-electron chi connectivity index (χ0n) is 13.9. The number of amides is 2. The minimum absolute atomic E-state index is 0.159. The number of likely N-dealkylation sites (tertiary alicyclic amines) is 1. The van der Waals surface area contributed by atoms with Crippen LogP contribution >= 0.6 is 11.3 Å². The molecule has 1 aliphatic rings. The van der Waals surface area contributed by atoms with Crippen LogP contribution in [0.1, 0.15) is 36.4 Å². The Morgan fingerprint density at radius 1 is 1.29 bits per heavy atom. The molecule has 1 saturated heterocycles. The van der Waals surface area contributed by atoms with Gasteiger partial charge < -0.3 is 10.6 Å². The lowest BCUT2D eigenvalue weighted by atomic mass is 9.96. The van der Waals surface area contributed by atoms with Gasteiger partial charge >= 0.3 is 0 Å². The molecule has 0 radical (unpaired) electrons. The summed E-state index contributed by atoms with van der Waals surface area (Å²) in [5.74, 6) is -0.703. The number of hydrogen-bond acceptors (Lipinski definition) is 5. The SMILES string of the molecule is CCN(CC)S(=O)(=O)c1csc(C(=O)N2CCC(C(N)=O)CC2)c1. The van der Waals surface area contributed by atoms with E-state index in [0.29, 0.717) is 43.9 Å². The smallest absolute Gasteiger partial charge is 0.263 e. The molecule has 2 rings (SSSR count). The minimum atomic E-state index is -3.55. The monoisotopic (exact) mass is 373 g/mol. The Hall–Kier alpha value is -1.45. The number of carbonyl (C=O) groups is 2. The predicted molar refractivity (Wildman–Crippen MR) is 92.2 cm³/mol. The molecule has 1 aromatic rings. The third-order valence-electron chi connectivity index (χ3n) is 4.31. The first-order valence-corrected chi connectivity index (χ1v) is 10.3. The van der Waals surface area contributed by atoms with E-state index in [1.54, 1.807) is 18.7 Å². The Morgan fingerprint density at radius 2 is 1.88 bits per heavy atom. The number of primary amides is 1. The molecule has 0 spiro atoms. The van der Waals surface area contributed by atoms with Crippen LogP contribution in [0.25, 0.3) is 0 Å². The molecule has 0 atom stereocenters. The van der Waals surface area contributed by atoms with Gasteiger partial charge in [0.2, 0.25) is 15.9 Å². The minimum Gasteiger partial charge on any atom is -0.369 e. The maximum absolute atomic E-state index is 12.5. The zero-order valence-corrected chi connectivity index (χ0v) is 15.5. The highest BCUT2D eigenvalue weighted by molar-refractivity contribution is 7.89. The third-order valence-corrected chi connectivity index (χ3v) is 7.41. The molecule has 9 heteroatoms. The van der Waals surface area contributed by atoms with Gasteiger partial charge in [-0.15, -0.1) is 11.3 Å². The van der Waals surface area contributed by atoms with E-state index in [-0.39, 0.29) is 22.6 Å².